The minimum atomic E-state index is 0.897. The predicted molar refractivity (Wildman–Crippen MR) is 56.0 cm³/mol. The van der Waals surface area contributed by atoms with Gasteiger partial charge in [-0.05, 0) is 26.2 Å². The van der Waals surface area contributed by atoms with Gasteiger partial charge in [0.25, 0.3) is 0 Å². The van der Waals surface area contributed by atoms with Crippen LogP contribution in [-0.2, 0) is 6.54 Å². The van der Waals surface area contributed by atoms with Crippen molar-refractivity contribution in [1.29, 1.82) is 0 Å². The van der Waals surface area contributed by atoms with Crippen LogP contribution >= 0.6 is 0 Å². The molecule has 0 amide bonds. The van der Waals surface area contributed by atoms with Crippen LogP contribution in [0.2, 0.25) is 0 Å². The van der Waals surface area contributed by atoms with E-state index in [2.05, 4.69) is 22.0 Å². The maximum Gasteiger partial charge on any atom is 0.0547 e. The summed E-state index contributed by atoms with van der Waals surface area (Å²) in [6.45, 7) is 0.897. The first-order chi connectivity index (χ1) is 6.09. The van der Waals surface area contributed by atoms with Crippen LogP contribution in [0.5, 0.6) is 0 Å². The Morgan fingerprint density at radius 1 is 1.15 bits per heavy atom. The molecule has 0 saturated carbocycles. The third kappa shape index (κ3) is 3.03. The molecule has 3 heteroatoms. The highest BCUT2D eigenvalue weighted by atomic mass is 15.1. The predicted octanol–water partition coefficient (Wildman–Crippen LogP) is 1.21. The first-order valence-corrected chi connectivity index (χ1v) is 4.36. The van der Waals surface area contributed by atoms with E-state index in [4.69, 9.17) is 0 Å². The standard InChI is InChI=1S/C10H17N3/c1-12(2)8-9-5-6-10(7-11-9)13(3)4/h5-7H,8H2,1-4H3. The zero-order valence-electron chi connectivity index (χ0n) is 8.78. The molecule has 0 atom stereocenters. The summed E-state index contributed by atoms with van der Waals surface area (Å²) in [5.41, 5.74) is 2.25. The van der Waals surface area contributed by atoms with E-state index in [1.165, 1.54) is 0 Å². The number of aromatic nitrogens is 1. The zero-order chi connectivity index (χ0) is 9.84. The molecule has 13 heavy (non-hydrogen) atoms. The molecule has 0 spiro atoms. The van der Waals surface area contributed by atoms with Crippen LogP contribution in [0.4, 0.5) is 5.69 Å². The molecule has 0 aromatic carbocycles. The molecule has 0 saturated heterocycles. The largest absolute Gasteiger partial charge is 0.376 e. The SMILES string of the molecule is CN(C)Cc1ccc(N(C)C)cn1. The second-order valence-electron chi connectivity index (χ2n) is 3.64. The summed E-state index contributed by atoms with van der Waals surface area (Å²) in [5, 5.41) is 0. The van der Waals surface area contributed by atoms with Crippen molar-refractivity contribution in [2.24, 2.45) is 0 Å². The van der Waals surface area contributed by atoms with Crippen LogP contribution < -0.4 is 4.90 Å². The van der Waals surface area contributed by atoms with Crippen LogP contribution in [0.25, 0.3) is 0 Å². The highest BCUT2D eigenvalue weighted by Crippen LogP contribution is 2.09. The highest BCUT2D eigenvalue weighted by Gasteiger charge is 1.98. The van der Waals surface area contributed by atoms with E-state index in [9.17, 15) is 0 Å². The molecule has 0 fully saturated rings. The number of hydrogen-bond donors (Lipinski definition) is 0. The van der Waals surface area contributed by atoms with E-state index in [1.54, 1.807) is 0 Å². The normalized spacial score (nSPS) is 10.5. The first-order valence-electron chi connectivity index (χ1n) is 4.36. The molecular formula is C10H17N3. The van der Waals surface area contributed by atoms with Crippen molar-refractivity contribution in [1.82, 2.24) is 9.88 Å². The minimum Gasteiger partial charge on any atom is -0.376 e. The topological polar surface area (TPSA) is 19.4 Å². The molecule has 0 N–H and O–H groups in total. The van der Waals surface area contributed by atoms with Gasteiger partial charge >= 0.3 is 0 Å². The summed E-state index contributed by atoms with van der Waals surface area (Å²) < 4.78 is 0. The highest BCUT2D eigenvalue weighted by molar-refractivity contribution is 5.42. The van der Waals surface area contributed by atoms with E-state index in [-0.39, 0.29) is 0 Å². The fourth-order valence-corrected chi connectivity index (χ4v) is 1.10. The Bertz CT molecular complexity index is 251. The van der Waals surface area contributed by atoms with Gasteiger partial charge < -0.3 is 9.80 Å². The average molecular weight is 179 g/mol. The molecule has 0 aliphatic heterocycles. The summed E-state index contributed by atoms with van der Waals surface area (Å²) >= 11 is 0. The molecule has 1 heterocycles. The Morgan fingerprint density at radius 3 is 2.23 bits per heavy atom. The van der Waals surface area contributed by atoms with E-state index in [0.717, 1.165) is 17.9 Å². The summed E-state index contributed by atoms with van der Waals surface area (Å²) in [6, 6.07) is 4.15. The van der Waals surface area contributed by atoms with E-state index in [0.29, 0.717) is 0 Å². The second kappa shape index (κ2) is 4.23. The Morgan fingerprint density at radius 2 is 1.85 bits per heavy atom. The van der Waals surface area contributed by atoms with E-state index < -0.39 is 0 Å². The van der Waals surface area contributed by atoms with Gasteiger partial charge in [-0.3, -0.25) is 4.98 Å². The van der Waals surface area contributed by atoms with Crippen molar-refractivity contribution in [3.8, 4) is 0 Å². The molecule has 1 rings (SSSR count). The summed E-state index contributed by atoms with van der Waals surface area (Å²) in [4.78, 5) is 8.51. The number of pyridine rings is 1. The van der Waals surface area contributed by atoms with Crippen LogP contribution in [0.1, 0.15) is 5.69 Å². The second-order valence-corrected chi connectivity index (χ2v) is 3.64. The van der Waals surface area contributed by atoms with Gasteiger partial charge in [-0.15, -0.1) is 0 Å². The fourth-order valence-electron chi connectivity index (χ4n) is 1.10. The van der Waals surface area contributed by atoms with Crippen molar-refractivity contribution in [3.63, 3.8) is 0 Å². The molecule has 72 valence electrons. The minimum absolute atomic E-state index is 0.897. The van der Waals surface area contributed by atoms with Crippen molar-refractivity contribution >= 4 is 5.69 Å². The van der Waals surface area contributed by atoms with Gasteiger partial charge in [0, 0.05) is 20.6 Å². The lowest BCUT2D eigenvalue weighted by atomic mass is 10.3. The van der Waals surface area contributed by atoms with Crippen molar-refractivity contribution in [2.45, 2.75) is 6.54 Å². The van der Waals surface area contributed by atoms with Gasteiger partial charge in [0.05, 0.1) is 17.6 Å². The number of anilines is 1. The van der Waals surface area contributed by atoms with E-state index >= 15 is 0 Å². The molecule has 0 aliphatic carbocycles. The van der Waals surface area contributed by atoms with Gasteiger partial charge in [0.2, 0.25) is 0 Å². The molecule has 1 aromatic rings. The zero-order valence-corrected chi connectivity index (χ0v) is 8.78. The Kier molecular flexibility index (Phi) is 3.25. The van der Waals surface area contributed by atoms with Crippen LogP contribution in [0.3, 0.4) is 0 Å². The Balaban J connectivity index is 2.70. The third-order valence-corrected chi connectivity index (χ3v) is 1.80. The monoisotopic (exact) mass is 179 g/mol. The van der Waals surface area contributed by atoms with Gasteiger partial charge in [-0.1, -0.05) is 0 Å². The molecular weight excluding hydrogens is 162 g/mol. The van der Waals surface area contributed by atoms with Crippen molar-refractivity contribution in [3.05, 3.63) is 24.0 Å². The first kappa shape index (κ1) is 9.99. The molecule has 0 radical (unpaired) electrons. The van der Waals surface area contributed by atoms with Crippen molar-refractivity contribution in [2.75, 3.05) is 33.1 Å². The van der Waals surface area contributed by atoms with Crippen LogP contribution in [-0.4, -0.2) is 38.1 Å². The summed E-state index contributed by atoms with van der Waals surface area (Å²) in [5.74, 6) is 0. The number of rotatable bonds is 3. The third-order valence-electron chi connectivity index (χ3n) is 1.80. The van der Waals surface area contributed by atoms with Gasteiger partial charge in [-0.25, -0.2) is 0 Å². The lowest BCUT2D eigenvalue weighted by molar-refractivity contribution is 0.397. The molecule has 0 aliphatic rings. The Hall–Kier alpha value is -1.09. The summed E-state index contributed by atoms with van der Waals surface area (Å²) in [7, 11) is 8.12. The molecule has 0 bridgehead atoms. The number of nitrogens with zero attached hydrogens (tertiary/aromatic N) is 3. The number of hydrogen-bond acceptors (Lipinski definition) is 3. The molecule has 1 aromatic heterocycles. The average Bonchev–Trinajstić information content (AvgIpc) is 2.04. The lowest BCUT2D eigenvalue weighted by Crippen LogP contribution is -2.13. The molecule has 0 unspecified atom stereocenters. The summed E-state index contributed by atoms with van der Waals surface area (Å²) in [6.07, 6.45) is 1.90. The van der Waals surface area contributed by atoms with Gasteiger partial charge in [0.15, 0.2) is 0 Å². The fraction of sp³-hybridized carbons (Fsp3) is 0.500. The quantitative estimate of drug-likeness (QED) is 0.695. The lowest BCUT2D eigenvalue weighted by Gasteiger charge is -2.13. The van der Waals surface area contributed by atoms with Gasteiger partial charge in [0.1, 0.15) is 0 Å². The molecule has 3 nitrogen and oxygen atoms in total. The van der Waals surface area contributed by atoms with E-state index in [1.807, 2.05) is 39.3 Å². The van der Waals surface area contributed by atoms with Gasteiger partial charge in [-0.2, -0.15) is 0 Å². The smallest absolute Gasteiger partial charge is 0.0547 e. The van der Waals surface area contributed by atoms with Crippen molar-refractivity contribution < 1.29 is 0 Å². The van der Waals surface area contributed by atoms with Crippen LogP contribution in [0, 0.1) is 0 Å². The van der Waals surface area contributed by atoms with Crippen LogP contribution in [0.15, 0.2) is 18.3 Å². The Labute approximate surface area is 80.0 Å². The maximum atomic E-state index is 4.36. The maximum absolute atomic E-state index is 4.36.